The number of rotatable bonds is 6. The smallest absolute Gasteiger partial charge is 0.297 e. The van der Waals surface area contributed by atoms with E-state index in [1.54, 1.807) is 0 Å². The fraction of sp³-hybridized carbons (Fsp3) is 1.00. The quantitative estimate of drug-likeness (QED) is 0.651. The largest absolute Gasteiger partial charge is 0.424 e. The van der Waals surface area contributed by atoms with Gasteiger partial charge in [-0.1, -0.05) is 27.7 Å². The number of hydrogen-bond donors (Lipinski definition) is 0. The van der Waals surface area contributed by atoms with Gasteiger partial charge >= 0.3 is 6.95 Å². The van der Waals surface area contributed by atoms with Crippen LogP contribution in [0, 0.1) is 11.8 Å². The van der Waals surface area contributed by atoms with E-state index in [1.165, 1.54) is 0 Å². The first kappa shape index (κ1) is 13.4. The monoisotopic (exact) mass is 228 g/mol. The summed E-state index contributed by atoms with van der Waals surface area (Å²) in [4.78, 5) is 0. The summed E-state index contributed by atoms with van der Waals surface area (Å²) in [6.07, 6.45) is 0. The van der Waals surface area contributed by atoms with Crippen LogP contribution in [0.1, 0.15) is 27.7 Å². The Bertz CT molecular complexity index is 166. The summed E-state index contributed by atoms with van der Waals surface area (Å²) in [6.45, 7) is 5.22. The van der Waals surface area contributed by atoms with Crippen LogP contribution in [-0.2, 0) is 13.6 Å². The van der Waals surface area contributed by atoms with Gasteiger partial charge in [-0.05, 0) is 11.8 Å². The Labute approximate surface area is 85.1 Å². The minimum absolute atomic E-state index is 0.301. The highest BCUT2D eigenvalue weighted by Gasteiger charge is 2.21. The van der Waals surface area contributed by atoms with Crippen LogP contribution < -0.4 is 0 Å². The lowest BCUT2D eigenvalue weighted by molar-refractivity contribution is 0.185. The molecule has 0 rings (SSSR count). The van der Waals surface area contributed by atoms with Gasteiger partial charge < -0.3 is 0 Å². The van der Waals surface area contributed by atoms with Crippen molar-refractivity contribution < 1.29 is 13.6 Å². The predicted octanol–water partition coefficient (Wildman–Crippen LogP) is 3.68. The maximum Gasteiger partial charge on any atom is 0.424 e. The fourth-order valence-electron chi connectivity index (χ4n) is 0.513. The predicted molar refractivity (Wildman–Crippen MR) is 55.0 cm³/mol. The summed E-state index contributed by atoms with van der Waals surface area (Å²) in [7, 11) is 0. The average Bonchev–Trinajstić information content (AvgIpc) is 1.98. The SMILES string of the molecule is CC(C)COP(=O)(Cl)OCC(C)C. The van der Waals surface area contributed by atoms with E-state index in [1.807, 2.05) is 27.7 Å². The fourth-order valence-corrected chi connectivity index (χ4v) is 1.88. The normalized spacial score (nSPS) is 12.8. The summed E-state index contributed by atoms with van der Waals surface area (Å²) in [5.41, 5.74) is 0. The Balaban J connectivity index is 3.74. The molecule has 0 spiro atoms. The summed E-state index contributed by atoms with van der Waals surface area (Å²) in [6, 6.07) is 0. The van der Waals surface area contributed by atoms with Gasteiger partial charge in [0.15, 0.2) is 0 Å². The lowest BCUT2D eigenvalue weighted by Gasteiger charge is -2.14. The number of halogens is 1. The van der Waals surface area contributed by atoms with Crippen LogP contribution in [0.5, 0.6) is 0 Å². The van der Waals surface area contributed by atoms with Crippen LogP contribution in [0.15, 0.2) is 0 Å². The van der Waals surface area contributed by atoms with E-state index in [-0.39, 0.29) is 0 Å². The van der Waals surface area contributed by atoms with E-state index >= 15 is 0 Å². The third kappa shape index (κ3) is 8.76. The molecule has 0 bridgehead atoms. The summed E-state index contributed by atoms with van der Waals surface area (Å²) in [5, 5.41) is 0. The van der Waals surface area contributed by atoms with E-state index in [4.69, 9.17) is 20.3 Å². The molecule has 3 nitrogen and oxygen atoms in total. The second kappa shape index (κ2) is 6.02. The maximum absolute atomic E-state index is 11.3. The van der Waals surface area contributed by atoms with Crippen LogP contribution in [-0.4, -0.2) is 13.2 Å². The van der Waals surface area contributed by atoms with Gasteiger partial charge in [-0.2, -0.15) is 0 Å². The minimum atomic E-state index is -3.33. The molecule has 0 fully saturated rings. The van der Waals surface area contributed by atoms with E-state index in [9.17, 15) is 4.57 Å². The minimum Gasteiger partial charge on any atom is -0.297 e. The van der Waals surface area contributed by atoms with Crippen LogP contribution in [0.3, 0.4) is 0 Å². The zero-order chi connectivity index (χ0) is 10.5. The third-order valence-corrected chi connectivity index (χ3v) is 2.62. The summed E-state index contributed by atoms with van der Waals surface area (Å²) >= 11 is 5.54. The molecule has 0 atom stereocenters. The summed E-state index contributed by atoms with van der Waals surface area (Å²) < 4.78 is 21.2. The molecule has 0 unspecified atom stereocenters. The molecule has 0 aromatic carbocycles. The van der Waals surface area contributed by atoms with Gasteiger partial charge in [-0.15, -0.1) is 0 Å². The van der Waals surface area contributed by atoms with Crippen molar-refractivity contribution in [1.29, 1.82) is 0 Å². The van der Waals surface area contributed by atoms with Crippen LogP contribution in [0.2, 0.25) is 0 Å². The van der Waals surface area contributed by atoms with Crippen molar-refractivity contribution in [2.24, 2.45) is 11.8 Å². The first-order valence-corrected chi connectivity index (χ1v) is 6.87. The van der Waals surface area contributed by atoms with Gasteiger partial charge in [0.05, 0.1) is 13.2 Å². The third-order valence-electron chi connectivity index (χ3n) is 1.12. The molecule has 0 amide bonds. The molecule has 5 heteroatoms. The number of hydrogen-bond acceptors (Lipinski definition) is 3. The lowest BCUT2D eigenvalue weighted by atomic mass is 10.2. The molecular formula is C8H18ClO3P. The highest BCUT2D eigenvalue weighted by Crippen LogP contribution is 2.53. The second-order valence-electron chi connectivity index (χ2n) is 3.81. The van der Waals surface area contributed by atoms with Crippen molar-refractivity contribution in [2.75, 3.05) is 13.2 Å². The standard InChI is InChI=1S/C8H18ClO3P/c1-7(2)5-11-13(9,10)12-6-8(3)4/h7-8H,5-6H2,1-4H3. The molecule has 0 N–H and O–H groups in total. The van der Waals surface area contributed by atoms with Crippen LogP contribution >= 0.6 is 18.2 Å². The molecular weight excluding hydrogens is 211 g/mol. The van der Waals surface area contributed by atoms with Crippen molar-refractivity contribution in [2.45, 2.75) is 27.7 Å². The topological polar surface area (TPSA) is 35.5 Å². The van der Waals surface area contributed by atoms with Crippen molar-refractivity contribution in [3.8, 4) is 0 Å². The Morgan fingerprint density at radius 1 is 1.08 bits per heavy atom. The Morgan fingerprint density at radius 2 is 1.38 bits per heavy atom. The Kier molecular flexibility index (Phi) is 6.23. The maximum atomic E-state index is 11.3. The Hall–Kier alpha value is 0.440. The van der Waals surface area contributed by atoms with E-state index in [2.05, 4.69) is 0 Å². The van der Waals surface area contributed by atoms with Gasteiger partial charge in [-0.3, -0.25) is 9.05 Å². The molecule has 0 saturated heterocycles. The summed E-state index contributed by atoms with van der Waals surface area (Å²) in [5.74, 6) is 0.601. The molecule has 0 aromatic heterocycles. The van der Waals surface area contributed by atoms with Crippen LogP contribution in [0.4, 0.5) is 0 Å². The Morgan fingerprint density at radius 3 is 1.62 bits per heavy atom. The highest BCUT2D eigenvalue weighted by atomic mass is 35.7. The molecule has 0 aliphatic carbocycles. The van der Waals surface area contributed by atoms with Gasteiger partial charge in [0.2, 0.25) is 0 Å². The van der Waals surface area contributed by atoms with Crippen molar-refractivity contribution in [3.63, 3.8) is 0 Å². The zero-order valence-electron chi connectivity index (χ0n) is 8.62. The molecule has 0 heterocycles. The highest BCUT2D eigenvalue weighted by molar-refractivity contribution is 7.81. The molecule has 0 aliphatic rings. The molecule has 0 saturated carbocycles. The molecule has 0 aromatic rings. The molecule has 80 valence electrons. The second-order valence-corrected chi connectivity index (χ2v) is 6.43. The van der Waals surface area contributed by atoms with Crippen molar-refractivity contribution in [3.05, 3.63) is 0 Å². The van der Waals surface area contributed by atoms with E-state index in [0.29, 0.717) is 25.0 Å². The van der Waals surface area contributed by atoms with Gasteiger partial charge in [0.1, 0.15) is 0 Å². The van der Waals surface area contributed by atoms with E-state index < -0.39 is 6.95 Å². The van der Waals surface area contributed by atoms with Crippen molar-refractivity contribution in [1.82, 2.24) is 0 Å². The average molecular weight is 229 g/mol. The first-order chi connectivity index (χ1) is 5.83. The van der Waals surface area contributed by atoms with Gasteiger partial charge in [-0.25, -0.2) is 4.57 Å². The van der Waals surface area contributed by atoms with Gasteiger partial charge in [0.25, 0.3) is 0 Å². The molecule has 0 radical (unpaired) electrons. The first-order valence-electron chi connectivity index (χ1n) is 4.42. The van der Waals surface area contributed by atoms with Crippen LogP contribution in [0.25, 0.3) is 0 Å². The zero-order valence-corrected chi connectivity index (χ0v) is 10.3. The van der Waals surface area contributed by atoms with Crippen molar-refractivity contribution >= 4 is 18.2 Å². The van der Waals surface area contributed by atoms with Gasteiger partial charge in [0, 0.05) is 11.2 Å². The molecule has 0 aliphatic heterocycles. The molecule has 13 heavy (non-hydrogen) atoms. The van der Waals surface area contributed by atoms with E-state index in [0.717, 1.165) is 0 Å². The lowest BCUT2D eigenvalue weighted by Crippen LogP contribution is -2.03.